The standard InChI is InChI=1S/C21H18F2N2OS/c22-18-7-4-8-19(23)17(18)10-11-20(26)25-16-6-3-5-15(13-16)14-27-21-9-1-2-12-24-21/h1-9,12-13H,10-11,14H2,(H,25,26). The molecule has 0 radical (unpaired) electrons. The van der Waals surface area contributed by atoms with Crippen molar-refractivity contribution in [2.24, 2.45) is 0 Å². The largest absolute Gasteiger partial charge is 0.326 e. The Kier molecular flexibility index (Phi) is 6.54. The fourth-order valence-corrected chi connectivity index (χ4v) is 3.37. The number of carbonyl (C=O) groups is 1. The van der Waals surface area contributed by atoms with Gasteiger partial charge in [0, 0.05) is 29.6 Å². The molecular formula is C21H18F2N2OS. The summed E-state index contributed by atoms with van der Waals surface area (Å²) in [6.07, 6.45) is 1.77. The smallest absolute Gasteiger partial charge is 0.224 e. The van der Waals surface area contributed by atoms with Gasteiger partial charge < -0.3 is 5.32 Å². The van der Waals surface area contributed by atoms with Gasteiger partial charge in [-0.15, -0.1) is 11.8 Å². The van der Waals surface area contributed by atoms with Crippen molar-refractivity contribution in [2.75, 3.05) is 5.32 Å². The van der Waals surface area contributed by atoms with Crippen LogP contribution in [0.3, 0.4) is 0 Å². The Morgan fingerprint density at radius 2 is 1.78 bits per heavy atom. The van der Waals surface area contributed by atoms with Crippen LogP contribution in [-0.2, 0) is 17.0 Å². The van der Waals surface area contributed by atoms with E-state index in [0.29, 0.717) is 5.69 Å². The molecule has 0 unspecified atom stereocenters. The molecule has 3 aromatic rings. The molecule has 0 saturated heterocycles. The van der Waals surface area contributed by atoms with E-state index in [2.05, 4.69) is 10.3 Å². The molecule has 27 heavy (non-hydrogen) atoms. The van der Waals surface area contributed by atoms with Gasteiger partial charge in [-0.25, -0.2) is 13.8 Å². The predicted molar refractivity (Wildman–Crippen MR) is 104 cm³/mol. The molecule has 0 aliphatic heterocycles. The Labute approximate surface area is 160 Å². The van der Waals surface area contributed by atoms with Crippen LogP contribution in [-0.4, -0.2) is 10.9 Å². The average molecular weight is 384 g/mol. The minimum Gasteiger partial charge on any atom is -0.326 e. The summed E-state index contributed by atoms with van der Waals surface area (Å²) in [7, 11) is 0. The zero-order valence-electron chi connectivity index (χ0n) is 14.5. The number of rotatable bonds is 7. The first kappa shape index (κ1) is 19.0. The molecule has 0 fully saturated rings. The Balaban J connectivity index is 1.55. The van der Waals surface area contributed by atoms with Crippen LogP contribution in [0, 0.1) is 11.6 Å². The molecule has 2 aromatic carbocycles. The van der Waals surface area contributed by atoms with Gasteiger partial charge in [-0.2, -0.15) is 0 Å². The van der Waals surface area contributed by atoms with Crippen molar-refractivity contribution < 1.29 is 13.6 Å². The fraction of sp³-hybridized carbons (Fsp3) is 0.143. The molecule has 6 heteroatoms. The van der Waals surface area contributed by atoms with E-state index in [1.54, 1.807) is 24.0 Å². The van der Waals surface area contributed by atoms with E-state index in [0.717, 1.165) is 16.3 Å². The topological polar surface area (TPSA) is 42.0 Å². The van der Waals surface area contributed by atoms with Crippen LogP contribution in [0.2, 0.25) is 0 Å². The molecule has 0 aliphatic rings. The Bertz CT molecular complexity index is 899. The van der Waals surface area contributed by atoms with Crippen molar-refractivity contribution in [1.29, 1.82) is 0 Å². The molecule has 1 N–H and O–H groups in total. The monoisotopic (exact) mass is 384 g/mol. The Morgan fingerprint density at radius 3 is 2.52 bits per heavy atom. The minimum absolute atomic E-state index is 0.00473. The normalized spacial score (nSPS) is 10.6. The molecule has 3 rings (SSSR count). The molecule has 1 aromatic heterocycles. The number of hydrogen-bond acceptors (Lipinski definition) is 3. The number of carbonyl (C=O) groups excluding carboxylic acids is 1. The van der Waals surface area contributed by atoms with Crippen molar-refractivity contribution >= 4 is 23.4 Å². The summed E-state index contributed by atoms with van der Waals surface area (Å²) >= 11 is 1.60. The van der Waals surface area contributed by atoms with E-state index < -0.39 is 11.6 Å². The van der Waals surface area contributed by atoms with E-state index in [1.165, 1.54) is 18.2 Å². The Hall–Kier alpha value is -2.73. The molecule has 0 spiro atoms. The zero-order valence-corrected chi connectivity index (χ0v) is 15.3. The van der Waals surface area contributed by atoms with Crippen LogP contribution >= 0.6 is 11.8 Å². The number of hydrogen-bond donors (Lipinski definition) is 1. The van der Waals surface area contributed by atoms with Crippen molar-refractivity contribution in [2.45, 2.75) is 23.6 Å². The Morgan fingerprint density at radius 1 is 1.00 bits per heavy atom. The van der Waals surface area contributed by atoms with Gasteiger partial charge in [0.1, 0.15) is 11.6 Å². The zero-order chi connectivity index (χ0) is 19.1. The first-order valence-electron chi connectivity index (χ1n) is 8.47. The summed E-state index contributed by atoms with van der Waals surface area (Å²) < 4.78 is 27.3. The molecule has 3 nitrogen and oxygen atoms in total. The van der Waals surface area contributed by atoms with E-state index >= 15 is 0 Å². The van der Waals surface area contributed by atoms with Gasteiger partial charge in [-0.3, -0.25) is 4.79 Å². The van der Waals surface area contributed by atoms with Gasteiger partial charge in [0.25, 0.3) is 0 Å². The van der Waals surface area contributed by atoms with E-state index in [-0.39, 0.29) is 24.3 Å². The van der Waals surface area contributed by atoms with Crippen molar-refractivity contribution in [1.82, 2.24) is 4.98 Å². The van der Waals surface area contributed by atoms with Gasteiger partial charge >= 0.3 is 0 Å². The molecule has 0 saturated carbocycles. The first-order chi connectivity index (χ1) is 13.1. The summed E-state index contributed by atoms with van der Waals surface area (Å²) in [5.41, 5.74) is 1.64. The number of anilines is 1. The number of amides is 1. The lowest BCUT2D eigenvalue weighted by Crippen LogP contribution is -2.13. The number of nitrogens with one attached hydrogen (secondary N) is 1. The molecular weight excluding hydrogens is 366 g/mol. The summed E-state index contributed by atoms with van der Waals surface area (Å²) in [6.45, 7) is 0. The summed E-state index contributed by atoms with van der Waals surface area (Å²) in [5, 5.41) is 3.71. The molecule has 138 valence electrons. The maximum absolute atomic E-state index is 13.6. The third kappa shape index (κ3) is 5.62. The highest BCUT2D eigenvalue weighted by molar-refractivity contribution is 7.98. The van der Waals surface area contributed by atoms with Crippen molar-refractivity contribution in [3.8, 4) is 0 Å². The highest BCUT2D eigenvalue weighted by Crippen LogP contribution is 2.22. The number of aromatic nitrogens is 1. The predicted octanol–water partition coefficient (Wildman–Crippen LogP) is 5.22. The van der Waals surface area contributed by atoms with E-state index in [1.807, 2.05) is 36.4 Å². The fourth-order valence-electron chi connectivity index (χ4n) is 2.56. The summed E-state index contributed by atoms with van der Waals surface area (Å²) in [6, 6.07) is 16.9. The highest BCUT2D eigenvalue weighted by Gasteiger charge is 2.11. The number of thioether (sulfide) groups is 1. The first-order valence-corrected chi connectivity index (χ1v) is 9.46. The molecule has 0 atom stereocenters. The number of nitrogens with zero attached hydrogens (tertiary/aromatic N) is 1. The minimum atomic E-state index is -0.628. The van der Waals surface area contributed by atoms with E-state index in [9.17, 15) is 13.6 Å². The molecule has 0 aliphatic carbocycles. The van der Waals surface area contributed by atoms with Gasteiger partial charge in [0.15, 0.2) is 0 Å². The number of pyridine rings is 1. The second kappa shape index (κ2) is 9.28. The maximum atomic E-state index is 13.6. The van der Waals surface area contributed by atoms with Crippen LogP contribution in [0.25, 0.3) is 0 Å². The summed E-state index contributed by atoms with van der Waals surface area (Å²) in [5.74, 6) is -0.818. The van der Waals surface area contributed by atoms with Crippen molar-refractivity contribution in [3.63, 3.8) is 0 Å². The van der Waals surface area contributed by atoms with Crippen LogP contribution in [0.1, 0.15) is 17.5 Å². The number of halogens is 2. The number of benzene rings is 2. The van der Waals surface area contributed by atoms with Crippen molar-refractivity contribution in [3.05, 3.63) is 89.6 Å². The maximum Gasteiger partial charge on any atom is 0.224 e. The van der Waals surface area contributed by atoms with Gasteiger partial charge in [-0.1, -0.05) is 24.3 Å². The van der Waals surface area contributed by atoms with Crippen LogP contribution in [0.15, 0.2) is 71.9 Å². The van der Waals surface area contributed by atoms with Gasteiger partial charge in [0.2, 0.25) is 5.91 Å². The third-order valence-electron chi connectivity index (χ3n) is 3.90. The lowest BCUT2D eigenvalue weighted by molar-refractivity contribution is -0.116. The van der Waals surface area contributed by atoms with Crippen LogP contribution < -0.4 is 5.32 Å². The summed E-state index contributed by atoms with van der Waals surface area (Å²) in [4.78, 5) is 16.4. The quantitative estimate of drug-likeness (QED) is 0.568. The van der Waals surface area contributed by atoms with Gasteiger partial charge in [-0.05, 0) is 48.4 Å². The molecule has 1 amide bonds. The third-order valence-corrected chi connectivity index (χ3v) is 4.91. The average Bonchev–Trinajstić information content (AvgIpc) is 2.67. The molecule has 0 bridgehead atoms. The highest BCUT2D eigenvalue weighted by atomic mass is 32.2. The lowest BCUT2D eigenvalue weighted by atomic mass is 10.1. The van der Waals surface area contributed by atoms with E-state index in [4.69, 9.17) is 0 Å². The lowest BCUT2D eigenvalue weighted by Gasteiger charge is -2.08. The second-order valence-electron chi connectivity index (χ2n) is 5.91. The SMILES string of the molecule is O=C(CCc1c(F)cccc1F)Nc1cccc(CSc2ccccn2)c1. The van der Waals surface area contributed by atoms with Gasteiger partial charge in [0.05, 0.1) is 5.03 Å². The van der Waals surface area contributed by atoms with Crippen LogP contribution in [0.5, 0.6) is 0 Å². The second-order valence-corrected chi connectivity index (χ2v) is 6.90. The van der Waals surface area contributed by atoms with Crippen LogP contribution in [0.4, 0.5) is 14.5 Å². The molecule has 1 heterocycles.